The molecule has 7 heteroatoms. The number of aromatic amines is 1. The molecule has 1 atom stereocenters. The van der Waals surface area contributed by atoms with Gasteiger partial charge >= 0.3 is 0 Å². The minimum Gasteiger partial charge on any atom is -0.370 e. The van der Waals surface area contributed by atoms with Crippen LogP contribution in [-0.4, -0.2) is 39.4 Å². The van der Waals surface area contributed by atoms with Crippen molar-refractivity contribution in [2.24, 2.45) is 0 Å². The van der Waals surface area contributed by atoms with Crippen molar-refractivity contribution in [1.82, 2.24) is 19.7 Å². The number of morpholine rings is 1. The minimum absolute atomic E-state index is 0.0431. The van der Waals surface area contributed by atoms with E-state index < -0.39 is 0 Å². The van der Waals surface area contributed by atoms with Gasteiger partial charge < -0.3 is 9.64 Å². The molecule has 0 saturated carbocycles. The van der Waals surface area contributed by atoms with Crippen LogP contribution in [0.4, 0.5) is 5.95 Å². The molecule has 1 fully saturated rings. The van der Waals surface area contributed by atoms with Gasteiger partial charge in [-0.1, -0.05) is 30.3 Å². The lowest BCUT2D eigenvalue weighted by molar-refractivity contribution is 0.0392. The Morgan fingerprint density at radius 3 is 2.73 bits per heavy atom. The molecule has 0 radical (unpaired) electrons. The van der Waals surface area contributed by atoms with E-state index in [4.69, 9.17) is 9.72 Å². The molecular formula is C19H23N5O2. The van der Waals surface area contributed by atoms with Gasteiger partial charge in [-0.3, -0.25) is 9.78 Å². The summed E-state index contributed by atoms with van der Waals surface area (Å²) >= 11 is 0. The molecule has 0 aliphatic carbocycles. The molecule has 1 saturated heterocycles. The third-order valence-corrected chi connectivity index (χ3v) is 4.60. The van der Waals surface area contributed by atoms with Gasteiger partial charge in [0.05, 0.1) is 24.9 Å². The van der Waals surface area contributed by atoms with E-state index in [9.17, 15) is 4.79 Å². The van der Waals surface area contributed by atoms with E-state index in [0.29, 0.717) is 36.7 Å². The van der Waals surface area contributed by atoms with Crippen molar-refractivity contribution in [1.29, 1.82) is 0 Å². The topological polar surface area (TPSA) is 76.0 Å². The highest BCUT2D eigenvalue weighted by molar-refractivity contribution is 5.74. The van der Waals surface area contributed by atoms with Gasteiger partial charge in [0.25, 0.3) is 5.56 Å². The van der Waals surface area contributed by atoms with Crippen LogP contribution in [0.25, 0.3) is 11.0 Å². The fourth-order valence-corrected chi connectivity index (χ4v) is 3.26. The van der Waals surface area contributed by atoms with Crippen molar-refractivity contribution in [3.63, 3.8) is 0 Å². The van der Waals surface area contributed by atoms with E-state index in [2.05, 4.69) is 27.1 Å². The first kappa shape index (κ1) is 16.8. The zero-order valence-electron chi connectivity index (χ0n) is 15.3. The van der Waals surface area contributed by atoms with Crippen molar-refractivity contribution >= 4 is 17.0 Å². The van der Waals surface area contributed by atoms with Crippen LogP contribution in [0.15, 0.2) is 41.3 Å². The van der Waals surface area contributed by atoms with Crippen molar-refractivity contribution in [3.8, 4) is 0 Å². The molecule has 26 heavy (non-hydrogen) atoms. The van der Waals surface area contributed by atoms with Gasteiger partial charge in [-0.2, -0.15) is 10.1 Å². The Morgan fingerprint density at radius 2 is 2.00 bits per heavy atom. The van der Waals surface area contributed by atoms with Crippen LogP contribution in [0, 0.1) is 0 Å². The summed E-state index contributed by atoms with van der Waals surface area (Å²) in [4.78, 5) is 22.2. The van der Waals surface area contributed by atoms with Crippen LogP contribution < -0.4 is 10.5 Å². The minimum atomic E-state index is -0.253. The molecule has 2 aromatic heterocycles. The number of hydrogen-bond donors (Lipinski definition) is 1. The van der Waals surface area contributed by atoms with Crippen molar-refractivity contribution in [2.75, 3.05) is 24.6 Å². The van der Waals surface area contributed by atoms with Crippen LogP contribution in [0.3, 0.4) is 0 Å². The Hall–Kier alpha value is -2.67. The largest absolute Gasteiger partial charge is 0.370 e. The Balaban J connectivity index is 1.71. The van der Waals surface area contributed by atoms with Gasteiger partial charge in [-0.15, -0.1) is 0 Å². The van der Waals surface area contributed by atoms with E-state index in [1.165, 1.54) is 0 Å². The van der Waals surface area contributed by atoms with Gasteiger partial charge in [0.1, 0.15) is 11.5 Å². The standard InChI is InChI=1S/C19H23N5O2/c1-19(2,3)24-16-14(11-20-24)17(25)22-18(21-16)23-9-10-26-15(12-23)13-7-5-4-6-8-13/h4-8,11,15H,9-10,12H2,1-3H3,(H,21,22,25)/t15-/m1/s1. The first-order valence-electron chi connectivity index (χ1n) is 8.83. The predicted molar refractivity (Wildman–Crippen MR) is 100 cm³/mol. The second-order valence-electron chi connectivity index (χ2n) is 7.57. The maximum Gasteiger partial charge on any atom is 0.263 e. The average molecular weight is 353 g/mol. The summed E-state index contributed by atoms with van der Waals surface area (Å²) in [5.74, 6) is 0.567. The molecule has 136 valence electrons. The molecule has 3 aromatic rings. The first-order chi connectivity index (χ1) is 12.4. The quantitative estimate of drug-likeness (QED) is 0.766. The van der Waals surface area contributed by atoms with Gasteiger partial charge in [0.15, 0.2) is 5.65 Å². The Labute approximate surface area is 151 Å². The highest BCUT2D eigenvalue weighted by atomic mass is 16.5. The molecule has 0 unspecified atom stereocenters. The molecule has 7 nitrogen and oxygen atoms in total. The SMILES string of the molecule is CC(C)(C)n1ncc2c(=O)[nH]c(N3CCO[C@@H](c4ccccc4)C3)nc21. The molecule has 0 amide bonds. The van der Waals surface area contributed by atoms with Gasteiger partial charge in [-0.25, -0.2) is 4.68 Å². The number of nitrogens with zero attached hydrogens (tertiary/aromatic N) is 4. The Kier molecular flexibility index (Phi) is 4.03. The molecule has 1 aliphatic heterocycles. The maximum absolute atomic E-state index is 12.5. The number of anilines is 1. The smallest absolute Gasteiger partial charge is 0.263 e. The number of nitrogens with one attached hydrogen (secondary N) is 1. The number of ether oxygens (including phenoxy) is 1. The lowest BCUT2D eigenvalue weighted by Gasteiger charge is -2.33. The zero-order chi connectivity index (χ0) is 18.3. The van der Waals surface area contributed by atoms with Crippen molar-refractivity contribution in [2.45, 2.75) is 32.4 Å². The van der Waals surface area contributed by atoms with Gasteiger partial charge in [0.2, 0.25) is 5.95 Å². The summed E-state index contributed by atoms with van der Waals surface area (Å²) in [5, 5.41) is 4.88. The van der Waals surface area contributed by atoms with Crippen molar-refractivity contribution in [3.05, 3.63) is 52.4 Å². The summed E-state index contributed by atoms with van der Waals surface area (Å²) in [5.41, 5.74) is 1.32. The summed E-state index contributed by atoms with van der Waals surface area (Å²) in [6.45, 7) is 8.04. The molecule has 1 aliphatic rings. The second-order valence-corrected chi connectivity index (χ2v) is 7.57. The number of hydrogen-bond acceptors (Lipinski definition) is 5. The Morgan fingerprint density at radius 1 is 1.23 bits per heavy atom. The highest BCUT2D eigenvalue weighted by Crippen LogP contribution is 2.25. The number of benzene rings is 1. The van der Waals surface area contributed by atoms with E-state index >= 15 is 0 Å². The first-order valence-corrected chi connectivity index (χ1v) is 8.83. The zero-order valence-corrected chi connectivity index (χ0v) is 15.3. The van der Waals surface area contributed by atoms with Crippen molar-refractivity contribution < 1.29 is 4.74 Å². The predicted octanol–water partition coefficient (Wildman–Crippen LogP) is 2.45. The van der Waals surface area contributed by atoms with E-state index in [-0.39, 0.29) is 17.2 Å². The van der Waals surface area contributed by atoms with Crippen LogP contribution >= 0.6 is 0 Å². The summed E-state index contributed by atoms with van der Waals surface area (Å²) < 4.78 is 7.72. The lowest BCUT2D eigenvalue weighted by Crippen LogP contribution is -2.40. The Bertz CT molecular complexity index is 971. The van der Waals surface area contributed by atoms with E-state index in [1.807, 2.05) is 39.0 Å². The number of rotatable bonds is 2. The summed E-state index contributed by atoms with van der Waals surface area (Å²) in [7, 11) is 0. The van der Waals surface area contributed by atoms with E-state index in [1.54, 1.807) is 10.9 Å². The summed E-state index contributed by atoms with van der Waals surface area (Å²) in [6, 6.07) is 10.1. The van der Waals surface area contributed by atoms with Gasteiger partial charge in [0, 0.05) is 6.54 Å². The number of H-pyrrole nitrogens is 1. The van der Waals surface area contributed by atoms with Crippen LogP contribution in [-0.2, 0) is 10.3 Å². The monoisotopic (exact) mass is 353 g/mol. The third kappa shape index (κ3) is 2.99. The average Bonchev–Trinajstić information content (AvgIpc) is 3.07. The van der Waals surface area contributed by atoms with Crippen LogP contribution in [0.2, 0.25) is 0 Å². The number of fused-ring (bicyclic) bond motifs is 1. The van der Waals surface area contributed by atoms with Crippen LogP contribution in [0.1, 0.15) is 32.4 Å². The molecule has 0 spiro atoms. The van der Waals surface area contributed by atoms with Crippen LogP contribution in [0.5, 0.6) is 0 Å². The number of aromatic nitrogens is 4. The molecule has 1 N–H and O–H groups in total. The molecule has 4 rings (SSSR count). The molecule has 0 bridgehead atoms. The highest BCUT2D eigenvalue weighted by Gasteiger charge is 2.25. The fourth-order valence-electron chi connectivity index (χ4n) is 3.26. The lowest BCUT2D eigenvalue weighted by atomic mass is 10.1. The normalized spacial score (nSPS) is 18.4. The fraction of sp³-hybridized carbons (Fsp3) is 0.421. The summed E-state index contributed by atoms with van der Waals surface area (Å²) in [6.07, 6.45) is 1.54. The molecule has 3 heterocycles. The third-order valence-electron chi connectivity index (χ3n) is 4.60. The second kappa shape index (κ2) is 6.25. The van der Waals surface area contributed by atoms with Gasteiger partial charge in [-0.05, 0) is 26.3 Å². The maximum atomic E-state index is 12.5. The molecular weight excluding hydrogens is 330 g/mol. The van der Waals surface area contributed by atoms with E-state index in [0.717, 1.165) is 5.56 Å². The molecule has 1 aromatic carbocycles.